The molecule has 2 fully saturated rings. The van der Waals surface area contributed by atoms with Gasteiger partial charge in [-0.15, -0.1) is 0 Å². The monoisotopic (exact) mass is 251 g/mol. The van der Waals surface area contributed by atoms with E-state index in [2.05, 4.69) is 0 Å². The van der Waals surface area contributed by atoms with Crippen LogP contribution in [0.3, 0.4) is 0 Å². The minimum absolute atomic E-state index is 0.0986. The van der Waals surface area contributed by atoms with Gasteiger partial charge in [0, 0.05) is 12.0 Å². The van der Waals surface area contributed by atoms with E-state index >= 15 is 0 Å². The van der Waals surface area contributed by atoms with Crippen LogP contribution in [0, 0.1) is 5.41 Å². The predicted octanol–water partition coefficient (Wildman–Crippen LogP) is 2.90. The molecule has 0 aromatic carbocycles. The third kappa shape index (κ3) is 2.30. The van der Waals surface area contributed by atoms with Gasteiger partial charge in [0.1, 0.15) is 17.2 Å². The minimum atomic E-state index is -0.531. The molecule has 4 heteroatoms. The van der Waals surface area contributed by atoms with Crippen LogP contribution in [-0.2, 0) is 9.53 Å². The van der Waals surface area contributed by atoms with E-state index in [1.54, 1.807) is 0 Å². The van der Waals surface area contributed by atoms with E-state index in [0.717, 1.165) is 32.1 Å². The molecule has 0 N–H and O–H groups in total. The maximum Gasteiger partial charge on any atom is 0.415 e. The van der Waals surface area contributed by atoms with Crippen LogP contribution in [0.4, 0.5) is 4.79 Å². The van der Waals surface area contributed by atoms with Crippen LogP contribution < -0.4 is 0 Å². The van der Waals surface area contributed by atoms with E-state index in [0.29, 0.717) is 12.2 Å². The molecule has 0 unspecified atom stereocenters. The summed E-state index contributed by atoms with van der Waals surface area (Å²) in [6, 6.07) is 0. The molecule has 1 saturated heterocycles. The molecule has 0 atom stereocenters. The number of carbonyl (C=O) groups excluding carboxylic acids is 2. The molecule has 2 aliphatic rings. The van der Waals surface area contributed by atoms with Crippen molar-refractivity contribution in [1.82, 2.24) is 4.90 Å². The van der Waals surface area contributed by atoms with Crippen LogP contribution in [0.15, 0.2) is 5.70 Å². The predicted molar refractivity (Wildman–Crippen MR) is 67.7 cm³/mol. The fourth-order valence-corrected chi connectivity index (χ4v) is 3.04. The molecule has 18 heavy (non-hydrogen) atoms. The number of likely N-dealkylation sites (tertiary alicyclic amines) is 1. The highest BCUT2D eigenvalue weighted by atomic mass is 16.6. The number of nitrogens with zero attached hydrogens (tertiary/aromatic N) is 1. The summed E-state index contributed by atoms with van der Waals surface area (Å²) in [5, 5.41) is 0. The summed E-state index contributed by atoms with van der Waals surface area (Å²) >= 11 is 0. The highest BCUT2D eigenvalue weighted by molar-refractivity contribution is 5.75. The average Bonchev–Trinajstić information content (AvgIpc) is 2.84. The maximum absolute atomic E-state index is 12.1. The molecule has 1 aliphatic heterocycles. The van der Waals surface area contributed by atoms with E-state index in [4.69, 9.17) is 4.74 Å². The number of hydrogen-bond acceptors (Lipinski definition) is 3. The van der Waals surface area contributed by atoms with Crippen LogP contribution in [0.25, 0.3) is 0 Å². The van der Waals surface area contributed by atoms with E-state index < -0.39 is 11.7 Å². The van der Waals surface area contributed by atoms with Gasteiger partial charge in [0.25, 0.3) is 0 Å². The first-order valence-corrected chi connectivity index (χ1v) is 6.64. The van der Waals surface area contributed by atoms with Crippen LogP contribution in [0.1, 0.15) is 52.9 Å². The van der Waals surface area contributed by atoms with E-state index in [-0.39, 0.29) is 5.41 Å². The number of rotatable bonds is 0. The molecule has 100 valence electrons. The van der Waals surface area contributed by atoms with Gasteiger partial charge >= 0.3 is 6.09 Å². The number of ether oxygens (including phenoxy) is 1. The topological polar surface area (TPSA) is 46.6 Å². The van der Waals surface area contributed by atoms with Gasteiger partial charge in [0.15, 0.2) is 0 Å². The molecule has 0 bridgehead atoms. The highest BCUT2D eigenvalue weighted by Crippen LogP contribution is 2.51. The third-order valence-electron chi connectivity index (χ3n) is 3.86. The van der Waals surface area contributed by atoms with Crippen LogP contribution in [0.5, 0.6) is 0 Å². The zero-order chi connectivity index (χ0) is 13.4. The van der Waals surface area contributed by atoms with Gasteiger partial charge in [-0.2, -0.15) is 0 Å². The number of allylic oxidation sites excluding steroid dienone is 1. The minimum Gasteiger partial charge on any atom is -0.443 e. The van der Waals surface area contributed by atoms with Gasteiger partial charge < -0.3 is 4.74 Å². The van der Waals surface area contributed by atoms with Gasteiger partial charge in [-0.25, -0.2) is 9.59 Å². The largest absolute Gasteiger partial charge is 0.443 e. The number of hydrogen-bond donors (Lipinski definition) is 0. The zero-order valence-electron chi connectivity index (χ0n) is 11.4. The second kappa shape index (κ2) is 4.43. The summed E-state index contributed by atoms with van der Waals surface area (Å²) in [5.41, 5.74) is -0.107. The lowest BCUT2D eigenvalue weighted by Gasteiger charge is -2.27. The Morgan fingerprint density at radius 3 is 2.39 bits per heavy atom. The van der Waals surface area contributed by atoms with Crippen LogP contribution in [0.2, 0.25) is 0 Å². The Balaban J connectivity index is 2.16. The second-order valence-electron chi connectivity index (χ2n) is 6.32. The molecule has 1 saturated carbocycles. The summed E-state index contributed by atoms with van der Waals surface area (Å²) in [5.74, 6) is 2.01. The summed E-state index contributed by atoms with van der Waals surface area (Å²) in [4.78, 5) is 24.8. The lowest BCUT2D eigenvalue weighted by molar-refractivity contribution is 0.0334. The molecular weight excluding hydrogens is 230 g/mol. The molecule has 0 radical (unpaired) electrons. The van der Waals surface area contributed by atoms with Gasteiger partial charge in [-0.3, -0.25) is 4.90 Å². The van der Waals surface area contributed by atoms with Crippen molar-refractivity contribution in [3.8, 4) is 0 Å². The summed E-state index contributed by atoms with van der Waals surface area (Å²) in [6.45, 7) is 6.07. The van der Waals surface area contributed by atoms with Gasteiger partial charge in [0.2, 0.25) is 0 Å². The van der Waals surface area contributed by atoms with Crippen molar-refractivity contribution in [3.63, 3.8) is 0 Å². The van der Waals surface area contributed by atoms with Crippen molar-refractivity contribution in [2.24, 2.45) is 5.41 Å². The summed E-state index contributed by atoms with van der Waals surface area (Å²) in [6.07, 6.45) is 4.72. The highest BCUT2D eigenvalue weighted by Gasteiger charge is 2.48. The van der Waals surface area contributed by atoms with Crippen molar-refractivity contribution >= 4 is 12.0 Å². The zero-order valence-corrected chi connectivity index (χ0v) is 11.4. The molecule has 2 rings (SSSR count). The molecule has 1 aliphatic carbocycles. The van der Waals surface area contributed by atoms with Crippen molar-refractivity contribution in [2.75, 3.05) is 6.54 Å². The van der Waals surface area contributed by atoms with Gasteiger partial charge in [0.05, 0.1) is 0 Å². The van der Waals surface area contributed by atoms with Crippen LogP contribution in [-0.4, -0.2) is 29.1 Å². The standard InChI is InChI=1S/C14H21NO3/c1-13(2,3)18-12(17)15-9-8-14(11(15)10-16)6-4-5-7-14/h4-9H2,1-3H3. The van der Waals surface area contributed by atoms with Crippen LogP contribution >= 0.6 is 0 Å². The number of carbonyl (C=O) groups is 1. The lowest BCUT2D eigenvalue weighted by Crippen LogP contribution is -2.35. The van der Waals surface area contributed by atoms with Crippen molar-refractivity contribution in [1.29, 1.82) is 0 Å². The smallest absolute Gasteiger partial charge is 0.415 e. The van der Waals surface area contributed by atoms with E-state index in [1.807, 2.05) is 26.7 Å². The second-order valence-corrected chi connectivity index (χ2v) is 6.32. The van der Waals surface area contributed by atoms with Crippen molar-refractivity contribution in [2.45, 2.75) is 58.5 Å². The fourth-order valence-electron chi connectivity index (χ4n) is 3.04. The van der Waals surface area contributed by atoms with E-state index in [1.165, 1.54) is 4.90 Å². The Morgan fingerprint density at radius 2 is 1.89 bits per heavy atom. The first kappa shape index (κ1) is 13.2. The molecule has 0 aromatic rings. The molecule has 1 heterocycles. The maximum atomic E-state index is 12.1. The Bertz CT molecular complexity index is 396. The Labute approximate surface area is 108 Å². The SMILES string of the molecule is CC(C)(C)OC(=O)N1CCC2(CCCC2)C1=C=O. The first-order valence-electron chi connectivity index (χ1n) is 6.64. The van der Waals surface area contributed by atoms with Gasteiger partial charge in [-0.1, -0.05) is 12.8 Å². The quantitative estimate of drug-likeness (QED) is 0.622. The molecule has 1 amide bonds. The fraction of sp³-hybridized carbons (Fsp3) is 0.786. The lowest BCUT2D eigenvalue weighted by atomic mass is 9.83. The Kier molecular flexibility index (Phi) is 3.24. The molecular formula is C14H21NO3. The van der Waals surface area contributed by atoms with Crippen molar-refractivity contribution in [3.05, 3.63) is 5.70 Å². The molecule has 4 nitrogen and oxygen atoms in total. The Morgan fingerprint density at radius 1 is 1.28 bits per heavy atom. The summed E-state index contributed by atoms with van der Waals surface area (Å²) < 4.78 is 5.34. The third-order valence-corrected chi connectivity index (χ3v) is 3.86. The summed E-state index contributed by atoms with van der Waals surface area (Å²) in [7, 11) is 0. The average molecular weight is 251 g/mol. The van der Waals surface area contributed by atoms with E-state index in [9.17, 15) is 9.59 Å². The van der Waals surface area contributed by atoms with Crippen molar-refractivity contribution < 1.29 is 14.3 Å². The molecule has 0 aromatic heterocycles. The normalized spacial score (nSPS) is 22.4. The first-order chi connectivity index (χ1) is 8.38. The Hall–Kier alpha value is -1.28. The van der Waals surface area contributed by atoms with Gasteiger partial charge in [-0.05, 0) is 40.0 Å². The number of amides is 1. The molecule has 1 spiro atoms.